The van der Waals surface area contributed by atoms with E-state index in [1.165, 1.54) is 75.8 Å². The number of nitrogens with two attached hydrogens (primary N) is 2. The summed E-state index contributed by atoms with van der Waals surface area (Å²) < 4.78 is 1.55. The number of guanidine groups is 1. The molecule has 1 aliphatic heterocycles. The van der Waals surface area contributed by atoms with Crippen molar-refractivity contribution in [3.05, 3.63) is 168 Å². The minimum Gasteiger partial charge on any atom is -0.508 e. The Bertz CT molecular complexity index is 4600. The third-order valence-electron chi connectivity index (χ3n) is 19.0. The van der Waals surface area contributed by atoms with Crippen LogP contribution in [-0.2, 0) is 113 Å². The maximum Gasteiger partial charge on any atom is 0.245 e. The molecule has 0 bridgehead atoms. The highest BCUT2D eigenvalue weighted by atomic mass is 32.2. The van der Waals surface area contributed by atoms with Gasteiger partial charge in [0.25, 0.3) is 0 Å². The van der Waals surface area contributed by atoms with Crippen molar-refractivity contribution in [2.75, 3.05) is 44.8 Å². The van der Waals surface area contributed by atoms with Crippen molar-refractivity contribution in [2.24, 2.45) is 18.5 Å². The van der Waals surface area contributed by atoms with Gasteiger partial charge in [-0.05, 0) is 65.3 Å². The van der Waals surface area contributed by atoms with Crippen LogP contribution in [0, 0.1) is 5.41 Å². The molecule has 0 spiro atoms. The van der Waals surface area contributed by atoms with E-state index in [1.807, 2.05) is 24.3 Å². The number of likely N-dealkylation sites (N-methyl/N-ethyl adjacent to an activating group) is 1. The molecule has 4 heterocycles. The number of aliphatic hydroxyl groups excluding tert-OH is 1. The van der Waals surface area contributed by atoms with Crippen LogP contribution in [-0.4, -0.2) is 245 Å². The molecule has 0 radical (unpaired) electrons. The number of rotatable bonds is 22. The number of carbonyl (C=O) groups is 14. The van der Waals surface area contributed by atoms with E-state index < -0.39 is 181 Å². The van der Waals surface area contributed by atoms with Gasteiger partial charge in [-0.3, -0.25) is 72.5 Å². The topological polar surface area (TPSA) is 590 Å². The summed E-state index contributed by atoms with van der Waals surface area (Å²) in [5.41, 5.74) is 13.4. The molecule has 1 saturated heterocycles. The number of nitrogens with zero attached hydrogens (tertiary/aromatic N) is 5. The third kappa shape index (κ3) is 27.5. The van der Waals surface area contributed by atoms with E-state index in [1.54, 1.807) is 67.1 Å². The number of primary amides is 1. The normalized spacial score (nSPS) is 22.2. The number of aromatic hydroxyl groups is 1. The summed E-state index contributed by atoms with van der Waals surface area (Å²) in [6, 6.07) is 9.61. The molecule has 7 aromatic rings. The number of aliphatic hydroxyl groups is 1. The van der Waals surface area contributed by atoms with Gasteiger partial charge in [-0.2, -0.15) is 0 Å². The first kappa shape index (κ1) is 89.3. The summed E-state index contributed by atoms with van der Waals surface area (Å²) >= 11 is 0.817. The number of thioether (sulfide) groups is 1. The number of hydrogen-bond donors (Lipinski definition) is 20. The number of H-pyrrole nitrogens is 2. The van der Waals surface area contributed by atoms with E-state index in [2.05, 4.69) is 94.0 Å². The summed E-state index contributed by atoms with van der Waals surface area (Å²) in [5.74, 6) is -14.7. The first-order valence-corrected chi connectivity index (χ1v) is 38.8. The molecule has 8 rings (SSSR count). The highest BCUT2D eigenvalue weighted by Crippen LogP contribution is 2.22. The second kappa shape index (κ2) is 44.4. The van der Waals surface area contributed by atoms with Crippen LogP contribution >= 0.6 is 11.8 Å². The molecule has 1 aliphatic rings. The van der Waals surface area contributed by atoms with Gasteiger partial charge in [-0.15, -0.1) is 11.8 Å². The molecule has 4 aromatic carbocycles. The number of aromatic amines is 2. The van der Waals surface area contributed by atoms with Gasteiger partial charge in [-0.1, -0.05) is 98.8 Å². The molecular weight excluding hydrogens is 1540 g/mol. The van der Waals surface area contributed by atoms with Crippen LogP contribution in [0.4, 0.5) is 0 Å². The van der Waals surface area contributed by atoms with E-state index in [0.717, 1.165) is 22.0 Å². The largest absolute Gasteiger partial charge is 0.508 e. The summed E-state index contributed by atoms with van der Waals surface area (Å²) in [6.45, 7) is 0.438. The number of hydrogen-bond acceptors (Lipinski definition) is 21. The van der Waals surface area contributed by atoms with Gasteiger partial charge in [0.1, 0.15) is 72.2 Å². The molecular formula is C77H99N23O16S. The minimum absolute atomic E-state index is 0.0178. The predicted molar refractivity (Wildman–Crippen MR) is 426 cm³/mol. The van der Waals surface area contributed by atoms with Crippen molar-refractivity contribution in [2.45, 2.75) is 145 Å². The Labute approximate surface area is 676 Å². The van der Waals surface area contributed by atoms with Crippen LogP contribution in [0.25, 0.3) is 10.8 Å². The molecule has 11 unspecified atom stereocenters. The lowest BCUT2D eigenvalue weighted by atomic mass is 9.97. The summed E-state index contributed by atoms with van der Waals surface area (Å²) in [5, 5.41) is 64.1. The van der Waals surface area contributed by atoms with Crippen LogP contribution in [0.15, 0.2) is 135 Å². The van der Waals surface area contributed by atoms with Crippen molar-refractivity contribution in [1.29, 1.82) is 5.41 Å². The third-order valence-corrected chi connectivity index (χ3v) is 20.1. The molecule has 1 fully saturated rings. The van der Waals surface area contributed by atoms with E-state index in [9.17, 15) is 63.0 Å². The van der Waals surface area contributed by atoms with Gasteiger partial charge in [0, 0.05) is 89.2 Å². The van der Waals surface area contributed by atoms with Crippen LogP contribution in [0.1, 0.15) is 73.3 Å². The number of nitrogens with one attached hydrogen (secondary N) is 16. The number of amides is 14. The number of benzene rings is 4. The van der Waals surface area contributed by atoms with Crippen LogP contribution in [0.3, 0.4) is 0 Å². The Morgan fingerprint density at radius 2 is 1.08 bits per heavy atom. The molecule has 22 N–H and O–H groups in total. The van der Waals surface area contributed by atoms with Gasteiger partial charge in [0.15, 0.2) is 5.96 Å². The summed E-state index contributed by atoms with van der Waals surface area (Å²) in [4.78, 5) is 222. The first-order chi connectivity index (χ1) is 56.1. The first-order valence-electron chi connectivity index (χ1n) is 37.7. The second-order valence-corrected chi connectivity index (χ2v) is 28.8. The maximum atomic E-state index is 15.2. The fourth-order valence-electron chi connectivity index (χ4n) is 12.6. The zero-order valence-corrected chi connectivity index (χ0v) is 65.6. The minimum atomic E-state index is -1.83. The van der Waals surface area contributed by atoms with Crippen molar-refractivity contribution in [3.8, 4) is 5.75 Å². The number of phenols is 1. The van der Waals surface area contributed by atoms with Gasteiger partial charge >= 0.3 is 0 Å². The molecule has 117 heavy (non-hydrogen) atoms. The fraction of sp³-hybridized carbons (Fsp3) is 0.403. The molecule has 39 nitrogen and oxygen atoms in total. The van der Waals surface area contributed by atoms with Gasteiger partial charge in [-0.25, -0.2) is 15.0 Å². The van der Waals surface area contributed by atoms with E-state index >= 15 is 14.4 Å². The highest BCUT2D eigenvalue weighted by molar-refractivity contribution is 8.00. The monoisotopic (exact) mass is 1630 g/mol. The summed E-state index contributed by atoms with van der Waals surface area (Å²) in [6.07, 6.45) is 6.33. The van der Waals surface area contributed by atoms with Gasteiger partial charge < -0.3 is 110 Å². The van der Waals surface area contributed by atoms with E-state index in [-0.39, 0.29) is 93.6 Å². The predicted octanol–water partition coefficient (Wildman–Crippen LogP) is -4.30. The number of imidazole rings is 3. The Morgan fingerprint density at radius 1 is 0.556 bits per heavy atom. The van der Waals surface area contributed by atoms with Crippen molar-refractivity contribution < 1.29 is 77.3 Å². The number of aryl methyl sites for hydroxylation is 1. The summed E-state index contributed by atoms with van der Waals surface area (Å²) in [7, 11) is 2.84. The Hall–Kier alpha value is -13.3. The lowest BCUT2D eigenvalue weighted by Gasteiger charge is -2.33. The Morgan fingerprint density at radius 3 is 1.66 bits per heavy atom. The molecule has 11 atom stereocenters. The van der Waals surface area contributed by atoms with Gasteiger partial charge in [0.2, 0.25) is 82.7 Å². The number of fused-ring (bicyclic) bond motifs is 1. The number of aromatic nitrogens is 6. The quantitative estimate of drug-likeness (QED) is 0.0173. The van der Waals surface area contributed by atoms with Crippen LogP contribution < -0.4 is 80.6 Å². The molecule has 14 amide bonds. The van der Waals surface area contributed by atoms with E-state index in [0.29, 0.717) is 27.8 Å². The van der Waals surface area contributed by atoms with Gasteiger partial charge in [0.05, 0.1) is 55.8 Å². The van der Waals surface area contributed by atoms with Crippen molar-refractivity contribution in [1.82, 2.24) is 104 Å². The van der Waals surface area contributed by atoms with Crippen molar-refractivity contribution >= 4 is 111 Å². The standard InChI is InChI=1S/C77H99N23O16S/c1-5-52-68(108)94-56(28-46-18-12-17-45-16-10-11-19-51(45)46)71(111)95-57(29-47-32-81-40-87-47)66(106)86-36-64(104)90-60(37-101)74(114)93-54(20-13-25-84-77(79)80)76(116)100(4)62(27-44-21-23-50(102)24-22-44)75(115)97-58(30-48-33-82-41-88-48)72(112)92-53(6-2)69(109)96-59(31-49-34-83-42-99(49)3)73(113)98-61(67(107)85-35-63(78)103)38-117-39-65(105)89-55(70(110)91-52)26-43-14-8-7-9-15-43/h7-12,14-19,21-24,32-34,40-42,52-62,101-102H,5-6,13,20,25-31,35-39H2,1-4H3,(H2,78,103)(H,81,87)(H,82,88)(H,85,107)(H,86,106)(H,89,105)(H,90,104)(H,91,110)(H,92,112)(H,93,114)(H,94,108)(H,95,111)(H,96,109)(H,97,115)(H,98,113)(H4,79,80,84). The smallest absolute Gasteiger partial charge is 0.245 e. The lowest BCUT2D eigenvalue weighted by molar-refractivity contribution is -0.143. The molecule has 624 valence electrons. The highest BCUT2D eigenvalue weighted by Gasteiger charge is 2.39. The Kier molecular flexibility index (Phi) is 33.9. The van der Waals surface area contributed by atoms with E-state index in [4.69, 9.17) is 16.9 Å². The maximum absolute atomic E-state index is 15.2. The average molecular weight is 1630 g/mol. The van der Waals surface area contributed by atoms with Crippen LogP contribution in [0.2, 0.25) is 0 Å². The van der Waals surface area contributed by atoms with Crippen LogP contribution in [0.5, 0.6) is 5.75 Å². The molecule has 0 saturated carbocycles. The molecule has 0 aliphatic carbocycles. The number of phenolic OH excluding ortho intramolecular Hbond substituents is 1. The SMILES string of the molecule is CCC1NC(=O)C(Cc2ccccc2)NC(=O)CSCC(C(=O)NCC(N)=O)NC(=O)C(Cc2cncn2C)NC(=O)C(CC)NC(=O)C(Cc2c[nH]cn2)NC(=O)C(Cc2ccc(O)cc2)N(C)C(=O)C(CCCNC(=N)N)NC(=O)C(CO)NC(=O)CNC(=O)C(Cc2c[nH]cn2)NC(=O)C(Cc2cccc3ccccc23)NC1=O. The number of carbonyl (C=O) groups excluding carboxylic acids is 14. The fourth-order valence-corrected chi connectivity index (χ4v) is 13.5. The van der Waals surface area contributed by atoms with Crippen molar-refractivity contribution in [3.63, 3.8) is 0 Å². The Balaban J connectivity index is 1.17. The molecule has 40 heteroatoms. The second-order valence-electron chi connectivity index (χ2n) is 27.7. The molecule has 3 aromatic heterocycles. The zero-order valence-electron chi connectivity index (χ0n) is 64.8. The lowest BCUT2D eigenvalue weighted by Crippen LogP contribution is -2.61. The average Bonchev–Trinajstić information content (AvgIpc) is 1.81. The zero-order chi connectivity index (χ0) is 84.7.